The molecule has 9 heteroatoms. The van der Waals surface area contributed by atoms with E-state index in [0.29, 0.717) is 11.1 Å². The van der Waals surface area contributed by atoms with Crippen molar-refractivity contribution in [2.45, 2.75) is 36.9 Å². The summed E-state index contributed by atoms with van der Waals surface area (Å²) in [4.78, 5) is 12.9. The van der Waals surface area contributed by atoms with Crippen molar-refractivity contribution in [1.82, 2.24) is 4.72 Å². The molecule has 1 atom stereocenters. The van der Waals surface area contributed by atoms with Crippen LogP contribution in [0.3, 0.4) is 0 Å². The van der Waals surface area contributed by atoms with Crippen LogP contribution in [0, 0.1) is 0 Å². The molecule has 5 nitrogen and oxygen atoms in total. The molecule has 1 unspecified atom stereocenters. The Labute approximate surface area is 161 Å². The van der Waals surface area contributed by atoms with Gasteiger partial charge in [-0.3, -0.25) is 4.79 Å². The molecular weight excluding hydrogens is 393 g/mol. The second-order valence-corrected chi connectivity index (χ2v) is 8.50. The molecule has 0 saturated carbocycles. The summed E-state index contributed by atoms with van der Waals surface area (Å²) >= 11 is 0. The summed E-state index contributed by atoms with van der Waals surface area (Å²) in [7, 11) is -3.70. The third-order valence-electron chi connectivity index (χ3n) is 4.55. The molecule has 1 N–H and O–H groups in total. The molecule has 2 aromatic rings. The van der Waals surface area contributed by atoms with Crippen LogP contribution in [0.1, 0.15) is 30.4 Å². The molecule has 3 rings (SSSR count). The molecule has 1 heterocycles. The first-order valence-electron chi connectivity index (χ1n) is 8.61. The van der Waals surface area contributed by atoms with E-state index in [0.717, 1.165) is 4.90 Å². The quantitative estimate of drug-likeness (QED) is 0.817. The van der Waals surface area contributed by atoms with Crippen LogP contribution in [0.15, 0.2) is 53.4 Å². The van der Waals surface area contributed by atoms with Crippen LogP contribution >= 0.6 is 0 Å². The van der Waals surface area contributed by atoms with E-state index in [9.17, 15) is 26.4 Å². The number of alkyl halides is 3. The van der Waals surface area contributed by atoms with Crippen molar-refractivity contribution in [3.63, 3.8) is 0 Å². The number of nitrogens with zero attached hydrogens (tertiary/aromatic N) is 1. The van der Waals surface area contributed by atoms with Gasteiger partial charge in [0, 0.05) is 18.7 Å². The molecule has 2 aromatic carbocycles. The Balaban J connectivity index is 1.83. The van der Waals surface area contributed by atoms with Crippen LogP contribution < -0.4 is 9.62 Å². The van der Waals surface area contributed by atoms with Gasteiger partial charge < -0.3 is 4.90 Å². The summed E-state index contributed by atoms with van der Waals surface area (Å²) in [5.41, 5.74) is 1.42. The fourth-order valence-corrected chi connectivity index (χ4v) is 4.22. The number of anilines is 1. The molecule has 0 aliphatic carbocycles. The third-order valence-corrected chi connectivity index (χ3v) is 5.97. The molecule has 1 aliphatic rings. The van der Waals surface area contributed by atoms with Gasteiger partial charge in [-0.2, -0.15) is 13.2 Å². The largest absolute Gasteiger partial charge is 0.406 e. The van der Waals surface area contributed by atoms with Gasteiger partial charge >= 0.3 is 6.18 Å². The van der Waals surface area contributed by atoms with Crippen LogP contribution in [-0.2, 0) is 21.4 Å². The molecule has 0 saturated heterocycles. The van der Waals surface area contributed by atoms with E-state index >= 15 is 0 Å². The molecule has 28 heavy (non-hydrogen) atoms. The molecule has 1 aliphatic heterocycles. The number of hydrogen-bond acceptors (Lipinski definition) is 3. The predicted molar refractivity (Wildman–Crippen MR) is 98.3 cm³/mol. The SMILES string of the molecule is CC1CC(=O)N(CC(F)(F)F)c2ccc(CNS(=O)(=O)c3ccccc3)cc21. The van der Waals surface area contributed by atoms with E-state index in [1.807, 2.05) is 0 Å². The van der Waals surface area contributed by atoms with E-state index in [2.05, 4.69) is 4.72 Å². The number of halogens is 3. The lowest BCUT2D eigenvalue weighted by atomic mass is 9.89. The van der Waals surface area contributed by atoms with Crippen molar-refractivity contribution in [3.05, 3.63) is 59.7 Å². The van der Waals surface area contributed by atoms with E-state index in [-0.39, 0.29) is 29.5 Å². The zero-order valence-corrected chi connectivity index (χ0v) is 15.8. The maximum atomic E-state index is 12.8. The van der Waals surface area contributed by atoms with Crippen LogP contribution in [0.5, 0.6) is 0 Å². The number of carbonyl (C=O) groups excluding carboxylic acids is 1. The van der Waals surface area contributed by atoms with Crippen LogP contribution in [0.4, 0.5) is 18.9 Å². The molecule has 1 amide bonds. The van der Waals surface area contributed by atoms with E-state index in [4.69, 9.17) is 0 Å². The molecule has 0 radical (unpaired) electrons. The Morgan fingerprint density at radius 3 is 2.46 bits per heavy atom. The number of amides is 1. The van der Waals surface area contributed by atoms with Crippen molar-refractivity contribution in [2.24, 2.45) is 0 Å². The highest BCUT2D eigenvalue weighted by Crippen LogP contribution is 2.37. The summed E-state index contributed by atoms with van der Waals surface area (Å²) < 4.78 is 65.6. The summed E-state index contributed by atoms with van der Waals surface area (Å²) in [5, 5.41) is 0. The molecular formula is C19H19F3N2O3S. The van der Waals surface area contributed by atoms with E-state index in [1.165, 1.54) is 24.3 Å². The van der Waals surface area contributed by atoms with Crippen molar-refractivity contribution in [3.8, 4) is 0 Å². The maximum absolute atomic E-state index is 12.8. The minimum atomic E-state index is -4.50. The third kappa shape index (κ3) is 4.53. The number of nitrogens with one attached hydrogen (secondary N) is 1. The predicted octanol–water partition coefficient (Wildman–Crippen LogP) is 3.57. The van der Waals surface area contributed by atoms with Crippen LogP contribution in [0.25, 0.3) is 0 Å². The normalized spacial score (nSPS) is 17.5. The molecule has 0 spiro atoms. The minimum Gasteiger partial charge on any atom is -0.303 e. The van der Waals surface area contributed by atoms with Crippen LogP contribution in [-0.4, -0.2) is 27.0 Å². The van der Waals surface area contributed by atoms with E-state index in [1.54, 1.807) is 31.2 Å². The van der Waals surface area contributed by atoms with Crippen molar-refractivity contribution in [1.29, 1.82) is 0 Å². The molecule has 0 bridgehead atoms. The van der Waals surface area contributed by atoms with Crippen molar-refractivity contribution in [2.75, 3.05) is 11.4 Å². The highest BCUT2D eigenvalue weighted by atomic mass is 32.2. The van der Waals surface area contributed by atoms with Gasteiger partial charge in [0.15, 0.2) is 0 Å². The van der Waals surface area contributed by atoms with Gasteiger partial charge in [0.05, 0.1) is 4.90 Å². The fourth-order valence-electron chi connectivity index (χ4n) is 3.18. The average molecular weight is 412 g/mol. The Hall–Kier alpha value is -2.39. The Morgan fingerprint density at radius 1 is 1.14 bits per heavy atom. The second-order valence-electron chi connectivity index (χ2n) is 6.73. The smallest absolute Gasteiger partial charge is 0.303 e. The fraction of sp³-hybridized carbons (Fsp3) is 0.316. The summed E-state index contributed by atoms with van der Waals surface area (Å²) in [6.45, 7) is 0.412. The first kappa shape index (κ1) is 20.3. The lowest BCUT2D eigenvalue weighted by Crippen LogP contribution is -2.42. The Morgan fingerprint density at radius 2 is 1.82 bits per heavy atom. The highest BCUT2D eigenvalue weighted by Gasteiger charge is 2.37. The summed E-state index contributed by atoms with van der Waals surface area (Å²) in [5.74, 6) is -0.826. The Bertz CT molecular complexity index is 976. The number of benzene rings is 2. The van der Waals surface area contributed by atoms with Gasteiger partial charge in [-0.15, -0.1) is 0 Å². The number of rotatable bonds is 5. The lowest BCUT2D eigenvalue weighted by molar-refractivity contribution is -0.133. The number of hydrogen-bond donors (Lipinski definition) is 1. The number of carbonyl (C=O) groups is 1. The number of sulfonamides is 1. The standard InChI is InChI=1S/C19H19F3N2O3S/c1-13-9-18(25)24(12-19(20,21)22)17-8-7-14(10-16(13)17)11-23-28(26,27)15-5-3-2-4-6-15/h2-8,10,13,23H,9,11-12H2,1H3. The van der Waals surface area contributed by atoms with Crippen molar-refractivity contribution < 1.29 is 26.4 Å². The average Bonchev–Trinajstić information content (AvgIpc) is 2.63. The van der Waals surface area contributed by atoms with Gasteiger partial charge in [-0.25, -0.2) is 13.1 Å². The van der Waals surface area contributed by atoms with Crippen LogP contribution in [0.2, 0.25) is 0 Å². The molecule has 0 fully saturated rings. The topological polar surface area (TPSA) is 66.5 Å². The van der Waals surface area contributed by atoms with Gasteiger partial charge in [0.25, 0.3) is 0 Å². The van der Waals surface area contributed by atoms with Crippen molar-refractivity contribution >= 4 is 21.6 Å². The van der Waals surface area contributed by atoms with Gasteiger partial charge in [-0.05, 0) is 35.2 Å². The Kier molecular flexibility index (Phi) is 5.49. The van der Waals surface area contributed by atoms with Gasteiger partial charge in [0.2, 0.25) is 15.9 Å². The number of fused-ring (bicyclic) bond motifs is 1. The summed E-state index contributed by atoms with van der Waals surface area (Å²) in [6, 6.07) is 12.5. The monoisotopic (exact) mass is 412 g/mol. The van der Waals surface area contributed by atoms with E-state index < -0.39 is 28.7 Å². The first-order valence-corrected chi connectivity index (χ1v) is 10.1. The summed E-state index contributed by atoms with van der Waals surface area (Å²) in [6.07, 6.45) is -4.53. The highest BCUT2D eigenvalue weighted by molar-refractivity contribution is 7.89. The zero-order chi connectivity index (χ0) is 20.5. The molecule has 0 aromatic heterocycles. The second kappa shape index (κ2) is 7.56. The maximum Gasteiger partial charge on any atom is 0.406 e. The zero-order valence-electron chi connectivity index (χ0n) is 15.0. The minimum absolute atomic E-state index is 0.00948. The lowest BCUT2D eigenvalue weighted by Gasteiger charge is -2.33. The first-order chi connectivity index (χ1) is 13.1. The van der Waals surface area contributed by atoms with Gasteiger partial charge in [0.1, 0.15) is 6.54 Å². The molecule has 150 valence electrons. The van der Waals surface area contributed by atoms with Gasteiger partial charge in [-0.1, -0.05) is 37.3 Å².